The van der Waals surface area contributed by atoms with Gasteiger partial charge >= 0.3 is 0 Å². The second kappa shape index (κ2) is 7.84. The Balaban J connectivity index is 1.52. The van der Waals surface area contributed by atoms with Crippen LogP contribution in [0.1, 0.15) is 57.4 Å². The Bertz CT molecular complexity index is 1120. The second-order valence-corrected chi connectivity index (χ2v) is 11.1. The highest BCUT2D eigenvalue weighted by molar-refractivity contribution is 9.10. The number of aromatic nitrogens is 1. The fourth-order valence-corrected chi connectivity index (χ4v) is 6.19. The molecule has 2 aliphatic carbocycles. The molecule has 2 aliphatic rings. The van der Waals surface area contributed by atoms with Crippen LogP contribution in [0.5, 0.6) is 5.75 Å². The van der Waals surface area contributed by atoms with Gasteiger partial charge in [0.25, 0.3) is 0 Å². The van der Waals surface area contributed by atoms with Gasteiger partial charge in [-0.2, -0.15) is 5.26 Å². The van der Waals surface area contributed by atoms with Crippen molar-refractivity contribution in [3.63, 3.8) is 0 Å². The first-order valence-corrected chi connectivity index (χ1v) is 11.8. The number of hydrogen-bond donors (Lipinski definition) is 0. The average molecular weight is 498 g/mol. The molecular weight excluding hydrogens is 472 g/mol. The fourth-order valence-electron chi connectivity index (χ4n) is 5.63. The molecule has 160 valence electrons. The van der Waals surface area contributed by atoms with E-state index in [0.29, 0.717) is 28.2 Å². The summed E-state index contributed by atoms with van der Waals surface area (Å²) in [6, 6.07) is 11.5. The van der Waals surface area contributed by atoms with Crippen LogP contribution in [0.25, 0.3) is 0 Å². The lowest BCUT2D eigenvalue weighted by Crippen LogP contribution is -2.65. The van der Waals surface area contributed by atoms with Gasteiger partial charge in [0.1, 0.15) is 22.5 Å². The summed E-state index contributed by atoms with van der Waals surface area (Å²) in [5, 5.41) is 9.51. The topological polar surface area (TPSA) is 45.9 Å². The normalized spacial score (nSPS) is 27.3. The molecule has 2 atom stereocenters. The quantitative estimate of drug-likeness (QED) is 0.339. The standard InChI is InChI=1S/C26H26BrClN2O/c1-15-16(12-21-19(15)9-11-23(27)30-21)7-10-22-25(2,3)24(26(22,4)5)31-18-8-6-17(14-29)20(28)13-18/h6,8-9,11,13,15-16,22,24H,12H2,1-5H3. The molecule has 0 radical (unpaired) electrons. The minimum atomic E-state index is -0.104. The van der Waals surface area contributed by atoms with Crippen molar-refractivity contribution in [3.8, 4) is 23.7 Å². The van der Waals surface area contributed by atoms with Crippen molar-refractivity contribution in [1.82, 2.24) is 4.98 Å². The summed E-state index contributed by atoms with van der Waals surface area (Å²) in [7, 11) is 0. The molecule has 0 amide bonds. The largest absolute Gasteiger partial charge is 0.489 e. The number of nitrogens with zero attached hydrogens (tertiary/aromatic N) is 2. The van der Waals surface area contributed by atoms with Crippen molar-refractivity contribution < 1.29 is 4.74 Å². The molecule has 0 spiro atoms. The van der Waals surface area contributed by atoms with Crippen LogP contribution in [0.3, 0.4) is 0 Å². The third kappa shape index (κ3) is 3.75. The Morgan fingerprint density at radius 3 is 2.48 bits per heavy atom. The maximum Gasteiger partial charge on any atom is 0.121 e. The van der Waals surface area contributed by atoms with Crippen molar-refractivity contribution >= 4 is 27.5 Å². The first-order valence-electron chi connectivity index (χ1n) is 10.6. The van der Waals surface area contributed by atoms with Gasteiger partial charge in [0.2, 0.25) is 0 Å². The zero-order valence-corrected chi connectivity index (χ0v) is 20.8. The number of benzene rings is 1. The number of rotatable bonds is 2. The molecule has 0 N–H and O–H groups in total. The van der Waals surface area contributed by atoms with E-state index >= 15 is 0 Å². The molecule has 1 fully saturated rings. The van der Waals surface area contributed by atoms with E-state index < -0.39 is 0 Å². The van der Waals surface area contributed by atoms with E-state index in [4.69, 9.17) is 21.6 Å². The molecule has 2 aromatic rings. The molecule has 0 saturated heterocycles. The predicted molar refractivity (Wildman–Crippen MR) is 127 cm³/mol. The number of hydrogen-bond acceptors (Lipinski definition) is 3. The van der Waals surface area contributed by atoms with Gasteiger partial charge in [0.15, 0.2) is 0 Å². The zero-order valence-electron chi connectivity index (χ0n) is 18.5. The Morgan fingerprint density at radius 1 is 1.13 bits per heavy atom. The zero-order chi connectivity index (χ0) is 22.6. The summed E-state index contributed by atoms with van der Waals surface area (Å²) >= 11 is 9.67. The van der Waals surface area contributed by atoms with Gasteiger partial charge in [-0.25, -0.2) is 4.98 Å². The Kier molecular flexibility index (Phi) is 5.61. The van der Waals surface area contributed by atoms with Crippen molar-refractivity contribution in [2.45, 2.75) is 53.1 Å². The maximum atomic E-state index is 9.09. The van der Waals surface area contributed by atoms with E-state index in [9.17, 15) is 0 Å². The fraction of sp³-hybridized carbons (Fsp3) is 0.462. The van der Waals surface area contributed by atoms with Gasteiger partial charge in [0.05, 0.1) is 10.6 Å². The number of nitriles is 1. The van der Waals surface area contributed by atoms with Gasteiger partial charge in [0, 0.05) is 40.8 Å². The van der Waals surface area contributed by atoms with Gasteiger partial charge < -0.3 is 4.74 Å². The molecule has 5 heteroatoms. The molecule has 0 bridgehead atoms. The summed E-state index contributed by atoms with van der Waals surface area (Å²) in [4.78, 5) is 4.65. The van der Waals surface area contributed by atoms with E-state index in [1.165, 1.54) is 5.56 Å². The molecule has 1 saturated carbocycles. The van der Waals surface area contributed by atoms with Crippen LogP contribution >= 0.6 is 27.5 Å². The van der Waals surface area contributed by atoms with Crippen LogP contribution in [0, 0.1) is 45.8 Å². The van der Waals surface area contributed by atoms with Crippen molar-refractivity contribution in [2.24, 2.45) is 22.7 Å². The highest BCUT2D eigenvalue weighted by Crippen LogP contribution is 2.60. The highest BCUT2D eigenvalue weighted by atomic mass is 79.9. The Morgan fingerprint density at radius 2 is 1.84 bits per heavy atom. The lowest BCUT2D eigenvalue weighted by atomic mass is 9.46. The second-order valence-electron chi connectivity index (χ2n) is 9.88. The predicted octanol–water partition coefficient (Wildman–Crippen LogP) is 6.78. The highest BCUT2D eigenvalue weighted by Gasteiger charge is 2.63. The summed E-state index contributed by atoms with van der Waals surface area (Å²) in [6.07, 6.45) is 0.902. The Hall–Kier alpha value is -2.01. The minimum Gasteiger partial charge on any atom is -0.489 e. The third-order valence-electron chi connectivity index (χ3n) is 7.05. The summed E-state index contributed by atoms with van der Waals surface area (Å²) in [5.74, 6) is 8.82. The van der Waals surface area contributed by atoms with Gasteiger partial charge in [-0.1, -0.05) is 64.1 Å². The van der Waals surface area contributed by atoms with Crippen molar-refractivity contribution in [1.29, 1.82) is 5.26 Å². The monoisotopic (exact) mass is 496 g/mol. The maximum absolute atomic E-state index is 9.09. The lowest BCUT2D eigenvalue weighted by molar-refractivity contribution is -0.172. The van der Waals surface area contributed by atoms with Crippen LogP contribution in [-0.2, 0) is 6.42 Å². The van der Waals surface area contributed by atoms with Crippen LogP contribution in [0.4, 0.5) is 0 Å². The first kappa shape index (κ1) is 22.2. The molecule has 1 aromatic carbocycles. The lowest BCUT2D eigenvalue weighted by Gasteiger charge is -2.61. The number of fused-ring (bicyclic) bond motifs is 1. The van der Waals surface area contributed by atoms with Gasteiger partial charge in [-0.3, -0.25) is 0 Å². The number of halogens is 2. The molecule has 0 aliphatic heterocycles. The third-order valence-corrected chi connectivity index (χ3v) is 7.80. The molecule has 1 aromatic heterocycles. The van der Waals surface area contributed by atoms with Crippen LogP contribution < -0.4 is 4.74 Å². The molecule has 2 unspecified atom stereocenters. The van der Waals surface area contributed by atoms with Crippen LogP contribution in [0.15, 0.2) is 34.9 Å². The molecule has 4 rings (SSSR count). The average Bonchev–Trinajstić information content (AvgIpc) is 3.00. The van der Waals surface area contributed by atoms with E-state index in [1.54, 1.807) is 12.1 Å². The molecular formula is C26H26BrClN2O. The molecule has 31 heavy (non-hydrogen) atoms. The SMILES string of the molecule is CC1c2ccc(Br)nc2CC1C#CC1C(C)(C)C(Oc2ccc(C#N)c(Cl)c2)C1(C)C. The summed E-state index contributed by atoms with van der Waals surface area (Å²) < 4.78 is 7.26. The van der Waals surface area contributed by atoms with Crippen LogP contribution in [0.2, 0.25) is 5.02 Å². The van der Waals surface area contributed by atoms with Crippen molar-refractivity contribution in [3.05, 3.63) is 56.8 Å². The van der Waals surface area contributed by atoms with Crippen LogP contribution in [-0.4, -0.2) is 11.1 Å². The van der Waals surface area contributed by atoms with E-state index in [1.807, 2.05) is 12.1 Å². The number of pyridine rings is 1. The summed E-state index contributed by atoms with van der Waals surface area (Å²) in [6.45, 7) is 11.1. The Labute approximate surface area is 198 Å². The van der Waals surface area contributed by atoms with E-state index in [-0.39, 0.29) is 22.9 Å². The number of ether oxygens (including phenoxy) is 1. The molecule has 3 nitrogen and oxygen atoms in total. The van der Waals surface area contributed by atoms with Gasteiger partial charge in [-0.05, 0) is 45.6 Å². The van der Waals surface area contributed by atoms with Crippen molar-refractivity contribution in [2.75, 3.05) is 0 Å². The van der Waals surface area contributed by atoms with E-state index in [0.717, 1.165) is 16.7 Å². The summed E-state index contributed by atoms with van der Waals surface area (Å²) in [5.41, 5.74) is 2.72. The smallest absolute Gasteiger partial charge is 0.121 e. The minimum absolute atomic E-state index is 0.000812. The van der Waals surface area contributed by atoms with E-state index in [2.05, 4.69) is 79.5 Å². The first-order chi connectivity index (χ1) is 14.6. The van der Waals surface area contributed by atoms with Gasteiger partial charge in [-0.15, -0.1) is 0 Å². The molecule has 1 heterocycles.